The monoisotopic (exact) mass is 474 g/mol. The van der Waals surface area contributed by atoms with Crippen molar-refractivity contribution in [2.75, 3.05) is 6.61 Å². The number of rotatable bonds is 9. The van der Waals surface area contributed by atoms with E-state index in [1.54, 1.807) is 54.6 Å². The number of hydrogen-bond donors (Lipinski definition) is 2. The van der Waals surface area contributed by atoms with Crippen LogP contribution in [0.2, 0.25) is 0 Å². The highest BCUT2D eigenvalue weighted by atomic mass is 19.3. The Bertz CT molecular complexity index is 1190. The lowest BCUT2D eigenvalue weighted by Crippen LogP contribution is -2.53. The number of aromatic nitrogens is 2. The zero-order valence-electron chi connectivity index (χ0n) is 18.1. The first kappa shape index (κ1) is 24.0. The fourth-order valence-corrected chi connectivity index (χ4v) is 3.91. The van der Waals surface area contributed by atoms with Gasteiger partial charge in [0.25, 0.3) is 12.0 Å². The number of nitrogens with one attached hydrogen (secondary N) is 1. The van der Waals surface area contributed by atoms with E-state index in [0.29, 0.717) is 5.56 Å². The third-order valence-electron chi connectivity index (χ3n) is 5.63. The van der Waals surface area contributed by atoms with Gasteiger partial charge in [-0.05, 0) is 11.1 Å². The number of ether oxygens (including phenoxy) is 3. The van der Waals surface area contributed by atoms with E-state index in [9.17, 15) is 23.5 Å². The van der Waals surface area contributed by atoms with Crippen molar-refractivity contribution < 1.29 is 28.1 Å². The highest BCUT2D eigenvalue weighted by molar-refractivity contribution is 5.15. The SMILES string of the molecule is O=c1ccn([C@@H]2O[C@@](COCc3ccccc3)(C(F)F)[C@@H](OCc3ccccc3)[C@@H]2O)c(=O)[nH]1. The first-order chi connectivity index (χ1) is 16.4. The summed E-state index contributed by atoms with van der Waals surface area (Å²) in [5.74, 6) is 0. The van der Waals surface area contributed by atoms with Gasteiger partial charge >= 0.3 is 5.69 Å². The molecule has 8 nitrogen and oxygen atoms in total. The molecule has 2 heterocycles. The summed E-state index contributed by atoms with van der Waals surface area (Å²) in [6.07, 6.45) is -6.76. The van der Waals surface area contributed by atoms with Crippen LogP contribution in [0.4, 0.5) is 8.78 Å². The normalized spacial score (nSPS) is 24.5. The minimum Gasteiger partial charge on any atom is -0.386 e. The van der Waals surface area contributed by atoms with Gasteiger partial charge in [-0.25, -0.2) is 13.6 Å². The third kappa shape index (κ3) is 5.00. The maximum atomic E-state index is 14.6. The van der Waals surface area contributed by atoms with E-state index < -0.39 is 48.3 Å². The maximum absolute atomic E-state index is 14.6. The standard InChI is InChI=1S/C24H24F2N2O6/c25-22(26)24(15-32-13-16-7-3-1-4-8-16)20(33-14-17-9-5-2-6-10-17)19(30)21(34-24)28-12-11-18(29)27-23(28)31/h1-12,19-22,30H,13-15H2,(H,27,29,31)/t19-,20-,21+,24+/m0/s1. The number of aromatic amines is 1. The Balaban J connectivity index is 1.63. The van der Waals surface area contributed by atoms with Crippen LogP contribution in [0.15, 0.2) is 82.5 Å². The number of benzene rings is 2. The molecule has 4 atom stereocenters. The van der Waals surface area contributed by atoms with Gasteiger partial charge < -0.3 is 19.3 Å². The molecular formula is C24H24F2N2O6. The Morgan fingerprint density at radius 1 is 1.00 bits per heavy atom. The quantitative estimate of drug-likeness (QED) is 0.493. The first-order valence-electron chi connectivity index (χ1n) is 10.6. The van der Waals surface area contributed by atoms with Crippen molar-refractivity contribution in [3.8, 4) is 0 Å². The van der Waals surface area contributed by atoms with Gasteiger partial charge in [0.2, 0.25) is 0 Å². The molecule has 1 aliphatic heterocycles. The summed E-state index contributed by atoms with van der Waals surface area (Å²) in [5, 5.41) is 11.0. The Morgan fingerprint density at radius 3 is 2.21 bits per heavy atom. The van der Waals surface area contributed by atoms with Gasteiger partial charge in [0.15, 0.2) is 11.8 Å². The highest BCUT2D eigenvalue weighted by Crippen LogP contribution is 2.43. The molecule has 10 heteroatoms. The number of alkyl halides is 2. The van der Waals surface area contributed by atoms with E-state index in [0.717, 1.165) is 22.4 Å². The van der Waals surface area contributed by atoms with Gasteiger partial charge in [0.1, 0.15) is 12.2 Å². The molecule has 2 aromatic carbocycles. The van der Waals surface area contributed by atoms with Gasteiger partial charge in [0.05, 0.1) is 19.8 Å². The molecule has 4 rings (SSSR count). The van der Waals surface area contributed by atoms with Crippen molar-refractivity contribution in [1.29, 1.82) is 0 Å². The van der Waals surface area contributed by atoms with Crippen LogP contribution < -0.4 is 11.2 Å². The molecule has 0 saturated carbocycles. The lowest BCUT2D eigenvalue weighted by Gasteiger charge is -2.33. The fraction of sp³-hybridized carbons (Fsp3) is 0.333. The lowest BCUT2D eigenvalue weighted by atomic mass is 9.96. The second-order valence-corrected chi connectivity index (χ2v) is 7.97. The van der Waals surface area contributed by atoms with Crippen molar-refractivity contribution in [1.82, 2.24) is 9.55 Å². The first-order valence-corrected chi connectivity index (χ1v) is 10.6. The van der Waals surface area contributed by atoms with Crippen molar-refractivity contribution in [2.24, 2.45) is 0 Å². The molecule has 0 unspecified atom stereocenters. The smallest absolute Gasteiger partial charge is 0.330 e. The fourth-order valence-electron chi connectivity index (χ4n) is 3.91. The van der Waals surface area contributed by atoms with E-state index >= 15 is 0 Å². The number of nitrogens with zero attached hydrogens (tertiary/aromatic N) is 1. The molecule has 1 fully saturated rings. The Kier molecular flexibility index (Phi) is 7.32. The van der Waals surface area contributed by atoms with Gasteiger partial charge in [-0.1, -0.05) is 60.7 Å². The maximum Gasteiger partial charge on any atom is 0.330 e. The van der Waals surface area contributed by atoms with Crippen LogP contribution in [0.1, 0.15) is 17.4 Å². The zero-order chi connectivity index (χ0) is 24.1. The second-order valence-electron chi connectivity index (χ2n) is 7.97. The van der Waals surface area contributed by atoms with Crippen LogP contribution in [0.3, 0.4) is 0 Å². The molecule has 0 radical (unpaired) electrons. The van der Waals surface area contributed by atoms with Crippen LogP contribution in [-0.4, -0.2) is 45.5 Å². The predicted molar refractivity (Wildman–Crippen MR) is 117 cm³/mol. The van der Waals surface area contributed by atoms with Crippen molar-refractivity contribution in [3.63, 3.8) is 0 Å². The van der Waals surface area contributed by atoms with Gasteiger partial charge in [-0.15, -0.1) is 0 Å². The van der Waals surface area contributed by atoms with Gasteiger partial charge in [-0.3, -0.25) is 14.3 Å². The van der Waals surface area contributed by atoms with Crippen LogP contribution in [0, 0.1) is 0 Å². The van der Waals surface area contributed by atoms with Crippen molar-refractivity contribution in [3.05, 3.63) is 105 Å². The number of aliphatic hydroxyl groups excluding tert-OH is 1. The van der Waals surface area contributed by atoms with Gasteiger partial charge in [0, 0.05) is 12.3 Å². The van der Waals surface area contributed by atoms with Crippen LogP contribution in [0.5, 0.6) is 0 Å². The average Bonchev–Trinajstić information content (AvgIpc) is 3.11. The van der Waals surface area contributed by atoms with E-state index in [2.05, 4.69) is 0 Å². The molecule has 1 aliphatic rings. The number of hydrogen-bond acceptors (Lipinski definition) is 6. The van der Waals surface area contributed by atoms with Crippen LogP contribution >= 0.6 is 0 Å². The molecule has 34 heavy (non-hydrogen) atoms. The summed E-state index contributed by atoms with van der Waals surface area (Å²) >= 11 is 0. The molecule has 2 N–H and O–H groups in total. The summed E-state index contributed by atoms with van der Waals surface area (Å²) < 4.78 is 47.0. The summed E-state index contributed by atoms with van der Waals surface area (Å²) in [4.78, 5) is 25.8. The van der Waals surface area contributed by atoms with Crippen LogP contribution in [-0.2, 0) is 27.4 Å². The Labute approximate surface area is 193 Å². The molecule has 0 spiro atoms. The summed E-state index contributed by atoms with van der Waals surface area (Å²) in [5.41, 5.74) is -2.48. The summed E-state index contributed by atoms with van der Waals surface area (Å²) in [7, 11) is 0. The molecule has 0 bridgehead atoms. The summed E-state index contributed by atoms with van der Waals surface area (Å²) in [6, 6.07) is 18.9. The number of aliphatic hydroxyl groups is 1. The zero-order valence-corrected chi connectivity index (χ0v) is 18.1. The molecular weight excluding hydrogens is 450 g/mol. The molecule has 3 aromatic rings. The van der Waals surface area contributed by atoms with E-state index in [-0.39, 0.29) is 13.2 Å². The number of halogens is 2. The second kappa shape index (κ2) is 10.4. The minimum absolute atomic E-state index is 0.0312. The largest absolute Gasteiger partial charge is 0.386 e. The van der Waals surface area contributed by atoms with E-state index in [4.69, 9.17) is 14.2 Å². The molecule has 0 aliphatic carbocycles. The van der Waals surface area contributed by atoms with Crippen molar-refractivity contribution >= 4 is 0 Å². The molecule has 180 valence electrons. The van der Waals surface area contributed by atoms with E-state index in [1.807, 2.05) is 11.1 Å². The number of H-pyrrole nitrogens is 1. The average molecular weight is 474 g/mol. The van der Waals surface area contributed by atoms with Crippen molar-refractivity contribution in [2.45, 2.75) is 43.7 Å². The molecule has 1 saturated heterocycles. The van der Waals surface area contributed by atoms with E-state index in [1.165, 1.54) is 0 Å². The highest BCUT2D eigenvalue weighted by Gasteiger charge is 2.62. The minimum atomic E-state index is -3.12. The molecule has 1 aromatic heterocycles. The lowest BCUT2D eigenvalue weighted by molar-refractivity contribution is -0.215. The Hall–Kier alpha value is -3.18. The third-order valence-corrected chi connectivity index (χ3v) is 5.63. The predicted octanol–water partition coefficient (Wildman–Crippen LogP) is 2.23. The Morgan fingerprint density at radius 2 is 1.62 bits per heavy atom. The molecule has 0 amide bonds. The topological polar surface area (TPSA) is 103 Å². The van der Waals surface area contributed by atoms with Crippen LogP contribution in [0.25, 0.3) is 0 Å². The summed E-state index contributed by atoms with van der Waals surface area (Å²) in [6.45, 7) is -0.652. The van der Waals surface area contributed by atoms with Gasteiger partial charge in [-0.2, -0.15) is 0 Å².